The van der Waals surface area contributed by atoms with E-state index in [4.69, 9.17) is 0 Å². The fraction of sp³-hybridized carbons (Fsp3) is 0.167. The molecule has 1 aromatic rings. The van der Waals surface area contributed by atoms with Crippen LogP contribution >= 0.6 is 0 Å². The first-order valence-electron chi connectivity index (χ1n) is 4.61. The zero-order chi connectivity index (χ0) is 11.1. The number of hydrogen-bond donors (Lipinski definition) is 0. The molecule has 78 valence electrons. The molecule has 0 N–H and O–H groups in total. The van der Waals surface area contributed by atoms with Crippen LogP contribution in [0.5, 0.6) is 0 Å². The molecule has 0 bridgehead atoms. The second kappa shape index (κ2) is 5.75. The van der Waals surface area contributed by atoms with E-state index in [1.807, 2.05) is 30.3 Å². The quantitative estimate of drug-likeness (QED) is 0.560. The van der Waals surface area contributed by atoms with E-state index < -0.39 is 11.9 Å². The van der Waals surface area contributed by atoms with Crippen molar-refractivity contribution in [2.24, 2.45) is 0 Å². The van der Waals surface area contributed by atoms with Gasteiger partial charge in [0.15, 0.2) is 0 Å². The minimum atomic E-state index is -0.576. The zero-order valence-electron chi connectivity index (χ0n) is 8.47. The first-order chi connectivity index (χ1) is 7.18. The molecule has 15 heavy (non-hydrogen) atoms. The maximum Gasteiger partial charge on any atom is 0.317 e. The summed E-state index contributed by atoms with van der Waals surface area (Å²) in [5.74, 6) is -1.11. The Morgan fingerprint density at radius 3 is 2.53 bits per heavy atom. The van der Waals surface area contributed by atoms with Crippen LogP contribution in [0.3, 0.4) is 0 Å². The fourth-order valence-electron chi connectivity index (χ4n) is 1.06. The van der Waals surface area contributed by atoms with Crippen LogP contribution in [0, 0.1) is 0 Å². The van der Waals surface area contributed by atoms with Crippen molar-refractivity contribution >= 4 is 18.0 Å². The Labute approximate surface area is 88.4 Å². The summed E-state index contributed by atoms with van der Waals surface area (Å²) in [5, 5.41) is 0. The van der Waals surface area contributed by atoms with Crippen LogP contribution in [0.25, 0.3) is 6.08 Å². The Morgan fingerprint density at radius 2 is 1.93 bits per heavy atom. The average Bonchev–Trinajstić information content (AvgIpc) is 2.18. The van der Waals surface area contributed by atoms with E-state index in [0.717, 1.165) is 5.56 Å². The molecule has 0 aliphatic carbocycles. The minimum Gasteiger partial charge on any atom is -0.393 e. The molecule has 0 amide bonds. The van der Waals surface area contributed by atoms with Gasteiger partial charge in [0.1, 0.15) is 0 Å². The smallest absolute Gasteiger partial charge is 0.317 e. The molecular weight excluding hydrogens is 192 g/mol. The second-order valence-corrected chi connectivity index (χ2v) is 2.98. The minimum absolute atomic E-state index is 0.106. The van der Waals surface area contributed by atoms with E-state index in [0.29, 0.717) is 0 Å². The number of rotatable bonds is 3. The molecule has 0 radical (unpaired) electrons. The van der Waals surface area contributed by atoms with Crippen LogP contribution < -0.4 is 0 Å². The second-order valence-electron chi connectivity index (χ2n) is 2.98. The van der Waals surface area contributed by atoms with Crippen molar-refractivity contribution in [1.29, 1.82) is 0 Å². The SMILES string of the molecule is CC(=O)OC(=O)CC=Cc1ccccc1. The molecule has 0 heterocycles. The van der Waals surface area contributed by atoms with Crippen molar-refractivity contribution < 1.29 is 14.3 Å². The molecule has 0 saturated carbocycles. The highest BCUT2D eigenvalue weighted by Gasteiger charge is 2.01. The normalized spacial score (nSPS) is 10.2. The van der Waals surface area contributed by atoms with Crippen LogP contribution in [0.2, 0.25) is 0 Å². The molecule has 0 aliphatic rings. The summed E-state index contributed by atoms with van der Waals surface area (Å²) in [7, 11) is 0. The number of carbonyl (C=O) groups excluding carboxylic acids is 2. The highest BCUT2D eigenvalue weighted by atomic mass is 16.6. The molecule has 0 aliphatic heterocycles. The standard InChI is InChI=1S/C12H12O3/c1-10(13)15-12(14)9-5-8-11-6-3-2-4-7-11/h2-8H,9H2,1H3. The molecule has 0 spiro atoms. The Kier molecular flexibility index (Phi) is 4.29. The summed E-state index contributed by atoms with van der Waals surface area (Å²) in [5.41, 5.74) is 1.01. The Bertz CT molecular complexity index is 366. The van der Waals surface area contributed by atoms with E-state index in [-0.39, 0.29) is 6.42 Å². The number of carbonyl (C=O) groups is 2. The highest BCUT2D eigenvalue weighted by molar-refractivity contribution is 5.85. The van der Waals surface area contributed by atoms with Gasteiger partial charge < -0.3 is 4.74 Å². The molecule has 0 aromatic heterocycles. The van der Waals surface area contributed by atoms with Gasteiger partial charge in [0.05, 0.1) is 6.42 Å². The number of ether oxygens (including phenoxy) is 1. The number of esters is 2. The van der Waals surface area contributed by atoms with Crippen molar-refractivity contribution in [3.63, 3.8) is 0 Å². The average molecular weight is 204 g/mol. The van der Waals surface area contributed by atoms with Crippen LogP contribution in [0.4, 0.5) is 0 Å². The molecule has 0 unspecified atom stereocenters. The fourth-order valence-corrected chi connectivity index (χ4v) is 1.06. The first kappa shape index (κ1) is 11.2. The van der Waals surface area contributed by atoms with Crippen LogP contribution in [0.15, 0.2) is 36.4 Å². The van der Waals surface area contributed by atoms with Gasteiger partial charge in [0.25, 0.3) is 0 Å². The van der Waals surface area contributed by atoms with Gasteiger partial charge in [-0.2, -0.15) is 0 Å². The molecule has 0 saturated heterocycles. The van der Waals surface area contributed by atoms with Gasteiger partial charge in [-0.25, -0.2) is 0 Å². The van der Waals surface area contributed by atoms with E-state index in [9.17, 15) is 9.59 Å². The lowest BCUT2D eigenvalue weighted by atomic mass is 10.2. The van der Waals surface area contributed by atoms with Gasteiger partial charge in [-0.1, -0.05) is 42.5 Å². The maximum absolute atomic E-state index is 10.9. The van der Waals surface area contributed by atoms with Gasteiger partial charge in [0.2, 0.25) is 0 Å². The summed E-state index contributed by atoms with van der Waals surface area (Å²) in [4.78, 5) is 21.4. The van der Waals surface area contributed by atoms with Crippen molar-refractivity contribution in [3.05, 3.63) is 42.0 Å². The molecule has 0 fully saturated rings. The van der Waals surface area contributed by atoms with Crippen molar-refractivity contribution in [3.8, 4) is 0 Å². The third-order valence-electron chi connectivity index (χ3n) is 1.65. The Hall–Kier alpha value is -1.90. The molecule has 1 aromatic carbocycles. The van der Waals surface area contributed by atoms with E-state index in [1.54, 1.807) is 12.2 Å². The number of hydrogen-bond acceptors (Lipinski definition) is 3. The van der Waals surface area contributed by atoms with Gasteiger partial charge in [0, 0.05) is 6.92 Å². The predicted molar refractivity (Wildman–Crippen MR) is 56.9 cm³/mol. The van der Waals surface area contributed by atoms with Crippen LogP contribution in [-0.4, -0.2) is 11.9 Å². The third kappa shape index (κ3) is 4.76. The van der Waals surface area contributed by atoms with E-state index in [2.05, 4.69) is 4.74 Å². The largest absolute Gasteiger partial charge is 0.393 e. The monoisotopic (exact) mass is 204 g/mol. The summed E-state index contributed by atoms with van der Waals surface area (Å²) in [6, 6.07) is 9.59. The van der Waals surface area contributed by atoms with Gasteiger partial charge in [-0.15, -0.1) is 0 Å². The lowest BCUT2D eigenvalue weighted by molar-refractivity contribution is -0.157. The Balaban J connectivity index is 2.40. The van der Waals surface area contributed by atoms with Crippen molar-refractivity contribution in [2.75, 3.05) is 0 Å². The summed E-state index contributed by atoms with van der Waals surface area (Å²) < 4.78 is 4.36. The third-order valence-corrected chi connectivity index (χ3v) is 1.65. The first-order valence-corrected chi connectivity index (χ1v) is 4.61. The highest BCUT2D eigenvalue weighted by Crippen LogP contribution is 2.02. The predicted octanol–water partition coefficient (Wildman–Crippen LogP) is 2.18. The van der Waals surface area contributed by atoms with Crippen molar-refractivity contribution in [2.45, 2.75) is 13.3 Å². The molecule has 0 atom stereocenters. The summed E-state index contributed by atoms with van der Waals surface area (Å²) >= 11 is 0. The van der Waals surface area contributed by atoms with Gasteiger partial charge in [-0.05, 0) is 5.56 Å². The zero-order valence-corrected chi connectivity index (χ0v) is 8.47. The van der Waals surface area contributed by atoms with Crippen molar-refractivity contribution in [1.82, 2.24) is 0 Å². The van der Waals surface area contributed by atoms with Crippen LogP contribution in [0.1, 0.15) is 18.9 Å². The molecule has 1 rings (SSSR count). The summed E-state index contributed by atoms with van der Waals surface area (Å²) in [6.45, 7) is 1.21. The molecular formula is C12H12O3. The molecule has 3 heteroatoms. The Morgan fingerprint density at radius 1 is 1.27 bits per heavy atom. The van der Waals surface area contributed by atoms with Gasteiger partial charge in [-0.3, -0.25) is 9.59 Å². The van der Waals surface area contributed by atoms with Crippen LogP contribution in [-0.2, 0) is 14.3 Å². The summed E-state index contributed by atoms with van der Waals surface area (Å²) in [6.07, 6.45) is 3.58. The molecule has 3 nitrogen and oxygen atoms in total. The lowest BCUT2D eigenvalue weighted by Crippen LogP contribution is -2.07. The van der Waals surface area contributed by atoms with E-state index >= 15 is 0 Å². The number of benzene rings is 1. The lowest BCUT2D eigenvalue weighted by Gasteiger charge is -1.95. The van der Waals surface area contributed by atoms with E-state index in [1.165, 1.54) is 6.92 Å². The topological polar surface area (TPSA) is 43.4 Å². The van der Waals surface area contributed by atoms with Gasteiger partial charge >= 0.3 is 11.9 Å². The maximum atomic E-state index is 10.9.